The van der Waals surface area contributed by atoms with Gasteiger partial charge in [0.1, 0.15) is 0 Å². The summed E-state index contributed by atoms with van der Waals surface area (Å²) in [5.41, 5.74) is 8.51. The highest BCUT2D eigenvalue weighted by molar-refractivity contribution is 5.70. The minimum absolute atomic E-state index is 0.0337. The highest BCUT2D eigenvalue weighted by Crippen LogP contribution is 2.35. The Morgan fingerprint density at radius 2 is 1.83 bits per heavy atom. The van der Waals surface area contributed by atoms with Crippen molar-refractivity contribution in [2.45, 2.75) is 46.0 Å². The van der Waals surface area contributed by atoms with Crippen molar-refractivity contribution in [1.82, 2.24) is 5.32 Å². The van der Waals surface area contributed by atoms with Gasteiger partial charge in [-0.2, -0.15) is 0 Å². The van der Waals surface area contributed by atoms with E-state index in [-0.39, 0.29) is 5.41 Å². The second-order valence-corrected chi connectivity index (χ2v) is 8.85. The molecule has 2 aromatic rings. The smallest absolute Gasteiger partial charge is 0.0536 e. The van der Waals surface area contributed by atoms with Crippen LogP contribution in [0.25, 0.3) is 11.1 Å². The molecule has 2 heteroatoms. The summed E-state index contributed by atoms with van der Waals surface area (Å²) in [7, 11) is 0. The van der Waals surface area contributed by atoms with Crippen molar-refractivity contribution in [3.8, 4) is 11.1 Å². The molecule has 0 unspecified atom stereocenters. The van der Waals surface area contributed by atoms with E-state index in [9.17, 15) is 0 Å². The quantitative estimate of drug-likeness (QED) is 0.477. The first-order valence-electron chi connectivity index (χ1n) is 10.8. The van der Waals surface area contributed by atoms with Crippen molar-refractivity contribution in [3.05, 3.63) is 102 Å². The molecule has 0 saturated heterocycles. The molecule has 2 N–H and O–H groups in total. The van der Waals surface area contributed by atoms with Crippen molar-refractivity contribution in [3.63, 3.8) is 0 Å². The van der Waals surface area contributed by atoms with Crippen molar-refractivity contribution < 1.29 is 0 Å². The fourth-order valence-corrected chi connectivity index (χ4v) is 3.71. The summed E-state index contributed by atoms with van der Waals surface area (Å²) >= 11 is 0. The number of allylic oxidation sites excluding steroid dienone is 4. The predicted molar refractivity (Wildman–Crippen MR) is 132 cm³/mol. The first kappa shape index (κ1) is 21.7. The molecule has 0 fully saturated rings. The van der Waals surface area contributed by atoms with Gasteiger partial charge in [-0.3, -0.25) is 0 Å². The zero-order valence-electron chi connectivity index (χ0n) is 18.8. The van der Waals surface area contributed by atoms with E-state index in [1.807, 2.05) is 19.1 Å². The van der Waals surface area contributed by atoms with Gasteiger partial charge in [0, 0.05) is 17.9 Å². The number of nitrogens with one attached hydrogen (secondary N) is 2. The van der Waals surface area contributed by atoms with Crippen LogP contribution in [0.5, 0.6) is 0 Å². The number of hydrogen-bond donors (Lipinski definition) is 2. The van der Waals surface area contributed by atoms with Crippen molar-refractivity contribution in [2.75, 3.05) is 11.9 Å². The highest BCUT2D eigenvalue weighted by Gasteiger charge is 2.20. The molecule has 2 aromatic carbocycles. The van der Waals surface area contributed by atoms with Crippen LogP contribution in [-0.4, -0.2) is 6.54 Å². The molecule has 30 heavy (non-hydrogen) atoms. The summed E-state index contributed by atoms with van der Waals surface area (Å²) in [6.07, 6.45) is 10.5. The molecule has 0 aromatic heterocycles. The average molecular weight is 399 g/mol. The van der Waals surface area contributed by atoms with Gasteiger partial charge in [0.25, 0.3) is 0 Å². The minimum atomic E-state index is 0.0337. The Hall–Kier alpha value is -3.00. The van der Waals surface area contributed by atoms with E-state index in [1.165, 1.54) is 28.1 Å². The number of benzene rings is 2. The molecule has 1 aliphatic carbocycles. The van der Waals surface area contributed by atoms with Crippen LogP contribution in [0.4, 0.5) is 5.69 Å². The first-order valence-corrected chi connectivity index (χ1v) is 10.8. The SMILES string of the molecule is C=C(/C=C/C)CNC1=C(Nc2ccc(-c3ccccc3)cc2C(C)(C)C)CCC=C1. The molecule has 0 bridgehead atoms. The number of rotatable bonds is 7. The largest absolute Gasteiger partial charge is 0.380 e. The molecule has 3 rings (SSSR count). The molecule has 156 valence electrons. The Morgan fingerprint density at radius 3 is 2.53 bits per heavy atom. The van der Waals surface area contributed by atoms with Gasteiger partial charge < -0.3 is 10.6 Å². The second kappa shape index (κ2) is 9.67. The van der Waals surface area contributed by atoms with E-state index >= 15 is 0 Å². The third kappa shape index (κ3) is 5.54. The molecular formula is C28H34N2. The van der Waals surface area contributed by atoms with E-state index in [0.29, 0.717) is 0 Å². The zero-order chi connectivity index (χ0) is 21.6. The van der Waals surface area contributed by atoms with Gasteiger partial charge in [0.2, 0.25) is 0 Å². The van der Waals surface area contributed by atoms with Crippen LogP contribution in [0.15, 0.2) is 96.4 Å². The van der Waals surface area contributed by atoms with Crippen molar-refractivity contribution in [1.29, 1.82) is 0 Å². The molecule has 0 heterocycles. The van der Waals surface area contributed by atoms with Crippen LogP contribution in [0.3, 0.4) is 0 Å². The molecule has 2 nitrogen and oxygen atoms in total. The summed E-state index contributed by atoms with van der Waals surface area (Å²) in [5.74, 6) is 0. The molecule has 0 spiro atoms. The lowest BCUT2D eigenvalue weighted by atomic mass is 9.84. The van der Waals surface area contributed by atoms with E-state index in [1.54, 1.807) is 0 Å². The van der Waals surface area contributed by atoms with E-state index in [2.05, 4.69) is 98.7 Å². The maximum Gasteiger partial charge on any atom is 0.0536 e. The summed E-state index contributed by atoms with van der Waals surface area (Å²) in [4.78, 5) is 0. The lowest BCUT2D eigenvalue weighted by Crippen LogP contribution is -2.22. The first-order chi connectivity index (χ1) is 14.4. The van der Waals surface area contributed by atoms with Crippen molar-refractivity contribution in [2.24, 2.45) is 0 Å². The van der Waals surface area contributed by atoms with Crippen LogP contribution in [0.1, 0.15) is 46.1 Å². The predicted octanol–water partition coefficient (Wildman–Crippen LogP) is 7.35. The number of anilines is 1. The Kier molecular flexibility index (Phi) is 6.99. The van der Waals surface area contributed by atoms with E-state index < -0.39 is 0 Å². The van der Waals surface area contributed by atoms with Gasteiger partial charge >= 0.3 is 0 Å². The fourth-order valence-electron chi connectivity index (χ4n) is 3.71. The standard InChI is InChI=1S/C28H34N2/c1-6-12-21(2)20-29-26-15-10-11-16-27(26)30-25-18-17-23(19-24(25)28(3,4)5)22-13-8-7-9-14-22/h6-10,12-15,17-19,29-30H,2,11,16,20H2,1,3-5H3/b12-6+. The van der Waals surface area contributed by atoms with Gasteiger partial charge in [-0.25, -0.2) is 0 Å². The van der Waals surface area contributed by atoms with Gasteiger partial charge in [-0.15, -0.1) is 0 Å². The molecular weight excluding hydrogens is 364 g/mol. The third-order valence-corrected chi connectivity index (χ3v) is 5.30. The molecule has 0 amide bonds. The lowest BCUT2D eigenvalue weighted by Gasteiger charge is -2.27. The van der Waals surface area contributed by atoms with Gasteiger partial charge in [-0.1, -0.05) is 82.0 Å². The number of hydrogen-bond acceptors (Lipinski definition) is 2. The Labute approximate surface area is 182 Å². The van der Waals surface area contributed by atoms with Crippen LogP contribution >= 0.6 is 0 Å². The molecule has 0 radical (unpaired) electrons. The molecule has 1 aliphatic rings. The van der Waals surface area contributed by atoms with Gasteiger partial charge in [-0.05, 0) is 65.7 Å². The summed E-state index contributed by atoms with van der Waals surface area (Å²) in [5, 5.41) is 7.31. The fraction of sp³-hybridized carbons (Fsp3) is 0.286. The van der Waals surface area contributed by atoms with E-state index in [4.69, 9.17) is 0 Å². The maximum absolute atomic E-state index is 4.11. The monoisotopic (exact) mass is 398 g/mol. The molecule has 0 aliphatic heterocycles. The van der Waals surface area contributed by atoms with Crippen LogP contribution in [-0.2, 0) is 5.41 Å². The van der Waals surface area contributed by atoms with Crippen molar-refractivity contribution >= 4 is 5.69 Å². The highest BCUT2D eigenvalue weighted by atomic mass is 15.0. The second-order valence-electron chi connectivity index (χ2n) is 8.85. The minimum Gasteiger partial charge on any atom is -0.380 e. The Bertz CT molecular complexity index is 969. The topological polar surface area (TPSA) is 24.1 Å². The summed E-state index contributed by atoms with van der Waals surface area (Å²) in [6, 6.07) is 17.4. The summed E-state index contributed by atoms with van der Waals surface area (Å²) < 4.78 is 0. The maximum atomic E-state index is 4.11. The third-order valence-electron chi connectivity index (χ3n) is 5.30. The summed E-state index contributed by atoms with van der Waals surface area (Å²) in [6.45, 7) is 13.7. The zero-order valence-corrected chi connectivity index (χ0v) is 18.8. The van der Waals surface area contributed by atoms with Gasteiger partial charge in [0.15, 0.2) is 0 Å². The van der Waals surface area contributed by atoms with Crippen LogP contribution in [0, 0.1) is 0 Å². The van der Waals surface area contributed by atoms with Gasteiger partial charge in [0.05, 0.1) is 5.70 Å². The van der Waals surface area contributed by atoms with Crippen LogP contribution in [0.2, 0.25) is 0 Å². The molecule has 0 atom stereocenters. The average Bonchev–Trinajstić information content (AvgIpc) is 2.73. The van der Waals surface area contributed by atoms with Crippen LogP contribution < -0.4 is 10.6 Å². The lowest BCUT2D eigenvalue weighted by molar-refractivity contribution is 0.592. The van der Waals surface area contributed by atoms with E-state index in [0.717, 1.165) is 30.7 Å². The normalized spacial score (nSPS) is 14.3. The molecule has 0 saturated carbocycles. The Balaban J connectivity index is 1.92. The Morgan fingerprint density at radius 1 is 1.07 bits per heavy atom.